The van der Waals surface area contributed by atoms with Crippen LogP contribution in [0.4, 0.5) is 5.13 Å². The van der Waals surface area contributed by atoms with E-state index >= 15 is 0 Å². The Labute approximate surface area is 251 Å². The largest absolute Gasteiger partial charge is 0.505 e. The van der Waals surface area contributed by atoms with Gasteiger partial charge < -0.3 is 23.7 Å². The minimum atomic E-state index is -1.07. The monoisotopic (exact) mass is 598 g/mol. The Morgan fingerprint density at radius 2 is 1.63 bits per heavy atom. The first-order chi connectivity index (χ1) is 20.6. The topological polar surface area (TPSA) is 115 Å². The lowest BCUT2D eigenvalue weighted by Gasteiger charge is -2.24. The van der Waals surface area contributed by atoms with Gasteiger partial charge in [0, 0.05) is 6.20 Å². The molecule has 0 bridgehead atoms. The van der Waals surface area contributed by atoms with Crippen LogP contribution in [-0.4, -0.2) is 52.5 Å². The Kier molecular flexibility index (Phi) is 6.84. The number of benzene rings is 2. The number of nitrogens with zero attached hydrogens (tertiary/aromatic N) is 4. The molecule has 6 rings (SSSR count). The van der Waals surface area contributed by atoms with Gasteiger partial charge in [-0.05, 0) is 74.2 Å². The van der Waals surface area contributed by atoms with Gasteiger partial charge in [0.2, 0.25) is 5.75 Å². The van der Waals surface area contributed by atoms with Crippen molar-refractivity contribution in [1.29, 1.82) is 0 Å². The number of anilines is 1. The summed E-state index contributed by atoms with van der Waals surface area (Å²) in [5.41, 5.74) is 5.45. The van der Waals surface area contributed by atoms with Crippen molar-refractivity contribution in [3.63, 3.8) is 0 Å². The van der Waals surface area contributed by atoms with Crippen LogP contribution in [0.15, 0.2) is 48.2 Å². The van der Waals surface area contributed by atoms with Gasteiger partial charge in [0.1, 0.15) is 11.3 Å². The van der Waals surface area contributed by atoms with Crippen LogP contribution < -0.4 is 19.1 Å². The third-order valence-electron chi connectivity index (χ3n) is 7.78. The maximum atomic E-state index is 13.9. The summed E-state index contributed by atoms with van der Waals surface area (Å²) in [6, 6.07) is 10.1. The molecule has 2 aromatic carbocycles. The zero-order valence-electron chi connectivity index (χ0n) is 24.8. The second-order valence-corrected chi connectivity index (χ2v) is 11.5. The maximum Gasteiger partial charge on any atom is 0.301 e. The number of aromatic nitrogens is 3. The number of fused-ring (bicyclic) bond motifs is 2. The smallest absolute Gasteiger partial charge is 0.301 e. The fraction of sp³-hybridized carbons (Fsp3) is 0.250. The Morgan fingerprint density at radius 3 is 2.26 bits per heavy atom. The summed E-state index contributed by atoms with van der Waals surface area (Å²) in [6.07, 6.45) is 1.84. The molecule has 0 radical (unpaired) electrons. The lowest BCUT2D eigenvalue weighted by Crippen LogP contribution is -2.29. The van der Waals surface area contributed by atoms with Crippen LogP contribution >= 0.6 is 11.3 Å². The highest BCUT2D eigenvalue weighted by Crippen LogP contribution is 2.48. The standard InChI is InChI=1S/C32H30N4O6S/c1-15-11-17(3)24-22(12-15)43-32(34-24)36-26(19-13-20(40-5)29(42-7)21(14-19)41-6)23(28(38)31(36)39)27(37)25-18(4)35-10-8-9-16(2)30(35)33-25/h8-14,26,37H,1-7H3. The van der Waals surface area contributed by atoms with Crippen LogP contribution in [0.5, 0.6) is 17.2 Å². The average molecular weight is 599 g/mol. The predicted octanol–water partition coefficient (Wildman–Crippen LogP) is 5.83. The van der Waals surface area contributed by atoms with Crippen molar-refractivity contribution < 1.29 is 28.9 Å². The summed E-state index contributed by atoms with van der Waals surface area (Å²) in [4.78, 5) is 38.6. The van der Waals surface area contributed by atoms with Gasteiger partial charge in [-0.15, -0.1) is 0 Å². The molecular weight excluding hydrogens is 568 g/mol. The Balaban J connectivity index is 1.65. The highest BCUT2D eigenvalue weighted by atomic mass is 32.1. The van der Waals surface area contributed by atoms with Gasteiger partial charge in [-0.1, -0.05) is 23.5 Å². The molecule has 1 aliphatic heterocycles. The second kappa shape index (κ2) is 10.4. The van der Waals surface area contributed by atoms with E-state index in [9.17, 15) is 14.7 Å². The predicted molar refractivity (Wildman–Crippen MR) is 165 cm³/mol. The fourth-order valence-corrected chi connectivity index (χ4v) is 6.91. The number of ether oxygens (including phenoxy) is 3. The molecule has 1 N–H and O–H groups in total. The summed E-state index contributed by atoms with van der Waals surface area (Å²) in [5, 5.41) is 12.2. The number of aliphatic hydroxyl groups is 1. The molecule has 43 heavy (non-hydrogen) atoms. The van der Waals surface area contributed by atoms with E-state index in [1.165, 1.54) is 37.6 Å². The van der Waals surface area contributed by atoms with Crippen LogP contribution in [-0.2, 0) is 9.59 Å². The summed E-state index contributed by atoms with van der Waals surface area (Å²) in [7, 11) is 4.46. The van der Waals surface area contributed by atoms with Crippen molar-refractivity contribution in [3.05, 3.63) is 81.8 Å². The normalized spacial score (nSPS) is 16.4. The number of hydrogen-bond acceptors (Lipinski definition) is 9. The molecule has 3 aromatic heterocycles. The number of carbonyl (C=O) groups excluding carboxylic acids is 2. The first-order valence-corrected chi connectivity index (χ1v) is 14.3. The number of aryl methyl sites for hydroxylation is 4. The fourth-order valence-electron chi connectivity index (χ4n) is 5.74. The number of pyridine rings is 1. The molecule has 220 valence electrons. The molecule has 1 fully saturated rings. The van der Waals surface area contributed by atoms with Gasteiger partial charge >= 0.3 is 5.91 Å². The molecular formula is C32H30N4O6S. The molecule has 1 saturated heterocycles. The first kappa shape index (κ1) is 28.2. The summed E-state index contributed by atoms with van der Waals surface area (Å²) < 4.78 is 19.4. The number of carbonyl (C=O) groups is 2. The van der Waals surface area contributed by atoms with Crippen molar-refractivity contribution in [1.82, 2.24) is 14.4 Å². The molecule has 4 heterocycles. The number of methoxy groups -OCH3 is 3. The lowest BCUT2D eigenvalue weighted by atomic mass is 9.95. The van der Waals surface area contributed by atoms with Crippen molar-refractivity contribution in [2.45, 2.75) is 33.7 Å². The number of hydrogen-bond donors (Lipinski definition) is 1. The SMILES string of the molecule is COc1cc(C2C(=C(O)c3nc4c(C)cccn4c3C)C(=O)C(=O)N2c2nc3c(C)cc(C)cc3s2)cc(OC)c1OC. The molecule has 0 spiro atoms. The molecule has 11 heteroatoms. The zero-order valence-corrected chi connectivity index (χ0v) is 25.6. The lowest BCUT2D eigenvalue weighted by molar-refractivity contribution is -0.132. The second-order valence-electron chi connectivity index (χ2n) is 10.5. The van der Waals surface area contributed by atoms with Crippen LogP contribution in [0.25, 0.3) is 21.6 Å². The number of thiazole rings is 1. The van der Waals surface area contributed by atoms with Crippen molar-refractivity contribution in [2.75, 3.05) is 26.2 Å². The van der Waals surface area contributed by atoms with Crippen LogP contribution in [0.1, 0.15) is 39.7 Å². The molecule has 1 unspecified atom stereocenters. The minimum absolute atomic E-state index is 0.115. The summed E-state index contributed by atoms with van der Waals surface area (Å²) in [6.45, 7) is 7.67. The van der Waals surface area contributed by atoms with Crippen LogP contribution in [0.2, 0.25) is 0 Å². The molecule has 0 saturated carbocycles. The average Bonchev–Trinajstić information content (AvgIpc) is 3.64. The number of rotatable bonds is 6. The zero-order chi connectivity index (χ0) is 30.7. The number of ketones is 1. The Hall–Kier alpha value is -4.90. The first-order valence-electron chi connectivity index (χ1n) is 13.5. The van der Waals surface area contributed by atoms with Gasteiger partial charge in [-0.25, -0.2) is 9.97 Å². The Morgan fingerprint density at radius 1 is 0.930 bits per heavy atom. The third kappa shape index (κ3) is 4.30. The van der Waals surface area contributed by atoms with Crippen molar-refractivity contribution in [2.24, 2.45) is 0 Å². The van der Waals surface area contributed by atoms with E-state index in [2.05, 4.69) is 4.98 Å². The third-order valence-corrected chi connectivity index (χ3v) is 8.78. The summed E-state index contributed by atoms with van der Waals surface area (Å²) in [5.74, 6) is -1.03. The number of Topliss-reactive ketones (excluding diaryl/α,β-unsaturated/α-hetero) is 1. The van der Waals surface area contributed by atoms with E-state index < -0.39 is 17.7 Å². The molecule has 1 atom stereocenters. The van der Waals surface area contributed by atoms with E-state index in [0.29, 0.717) is 39.3 Å². The van der Waals surface area contributed by atoms with Gasteiger partial charge in [0.15, 0.2) is 22.4 Å². The molecule has 0 aliphatic carbocycles. The van der Waals surface area contributed by atoms with Crippen molar-refractivity contribution >= 4 is 49.8 Å². The van der Waals surface area contributed by atoms with Gasteiger partial charge in [0.25, 0.3) is 5.78 Å². The maximum absolute atomic E-state index is 13.9. The van der Waals surface area contributed by atoms with Crippen LogP contribution in [0.3, 0.4) is 0 Å². The molecule has 1 amide bonds. The quantitative estimate of drug-likeness (QED) is 0.148. The Bertz CT molecular complexity index is 1980. The van der Waals surface area contributed by atoms with Gasteiger partial charge in [-0.3, -0.25) is 14.5 Å². The highest BCUT2D eigenvalue weighted by Gasteiger charge is 2.49. The highest BCUT2D eigenvalue weighted by molar-refractivity contribution is 7.22. The molecule has 5 aromatic rings. The summed E-state index contributed by atoms with van der Waals surface area (Å²) >= 11 is 1.30. The number of imidazole rings is 1. The molecule has 1 aliphatic rings. The van der Waals surface area contributed by atoms with E-state index in [1.54, 1.807) is 19.1 Å². The van der Waals surface area contributed by atoms with E-state index in [0.717, 1.165) is 26.9 Å². The van der Waals surface area contributed by atoms with Crippen molar-refractivity contribution in [3.8, 4) is 17.2 Å². The molecule has 10 nitrogen and oxygen atoms in total. The van der Waals surface area contributed by atoms with Gasteiger partial charge in [0.05, 0.1) is 48.9 Å². The van der Waals surface area contributed by atoms with E-state index in [1.807, 2.05) is 55.6 Å². The van der Waals surface area contributed by atoms with E-state index in [4.69, 9.17) is 19.2 Å². The number of aliphatic hydroxyl groups excluding tert-OH is 1. The minimum Gasteiger partial charge on any atom is -0.505 e. The van der Waals surface area contributed by atoms with Crippen LogP contribution in [0, 0.1) is 27.7 Å². The van der Waals surface area contributed by atoms with Gasteiger partial charge in [-0.2, -0.15) is 0 Å². The number of amides is 1. The van der Waals surface area contributed by atoms with E-state index in [-0.39, 0.29) is 17.0 Å².